The van der Waals surface area contributed by atoms with Crippen LogP contribution in [0.25, 0.3) is 0 Å². The van der Waals surface area contributed by atoms with E-state index in [0.717, 1.165) is 11.1 Å². The molecule has 0 heterocycles. The van der Waals surface area contributed by atoms with Crippen molar-refractivity contribution in [1.82, 2.24) is 5.43 Å². The topological polar surface area (TPSA) is 103 Å². The summed E-state index contributed by atoms with van der Waals surface area (Å²) >= 11 is 0. The fraction of sp³-hybridized carbons (Fsp3) is 0.154. The molecule has 35 heavy (non-hydrogen) atoms. The van der Waals surface area contributed by atoms with Gasteiger partial charge in [-0.1, -0.05) is 36.4 Å². The van der Waals surface area contributed by atoms with E-state index in [1.165, 1.54) is 37.6 Å². The van der Waals surface area contributed by atoms with Crippen LogP contribution in [0.2, 0.25) is 0 Å². The highest BCUT2D eigenvalue weighted by Crippen LogP contribution is 2.34. The van der Waals surface area contributed by atoms with E-state index in [1.807, 2.05) is 6.07 Å². The largest absolute Gasteiger partial charge is 0.493 e. The van der Waals surface area contributed by atoms with Gasteiger partial charge < -0.3 is 9.47 Å². The lowest BCUT2D eigenvalue weighted by Gasteiger charge is -2.16. The van der Waals surface area contributed by atoms with Crippen molar-refractivity contribution in [2.24, 2.45) is 5.10 Å². The first-order chi connectivity index (χ1) is 16.9. The Morgan fingerprint density at radius 1 is 1.17 bits per heavy atom. The summed E-state index contributed by atoms with van der Waals surface area (Å²) in [6.07, 6.45) is 3.46. The number of halogens is 1. The maximum atomic E-state index is 13.2. The van der Waals surface area contributed by atoms with E-state index in [2.05, 4.69) is 17.1 Å². The van der Waals surface area contributed by atoms with Crippen molar-refractivity contribution in [3.8, 4) is 11.5 Å². The molecule has 0 saturated carbocycles. The van der Waals surface area contributed by atoms with E-state index in [1.54, 1.807) is 36.4 Å². The van der Waals surface area contributed by atoms with Gasteiger partial charge in [0.2, 0.25) is 5.91 Å². The zero-order valence-electron chi connectivity index (χ0n) is 19.1. The third-order valence-corrected chi connectivity index (χ3v) is 4.98. The van der Waals surface area contributed by atoms with Crippen LogP contribution in [-0.2, 0) is 24.2 Å². The van der Waals surface area contributed by atoms with Gasteiger partial charge in [-0.15, -0.1) is 6.58 Å². The molecule has 0 spiro atoms. The van der Waals surface area contributed by atoms with Gasteiger partial charge in [0.15, 0.2) is 11.5 Å². The number of ether oxygens (including phenoxy) is 2. The molecule has 0 aromatic heterocycles. The van der Waals surface area contributed by atoms with Gasteiger partial charge in [0.25, 0.3) is 5.69 Å². The third kappa shape index (κ3) is 6.97. The predicted octanol–water partition coefficient (Wildman–Crippen LogP) is 4.74. The summed E-state index contributed by atoms with van der Waals surface area (Å²) in [5.74, 6) is 0.165. The third-order valence-electron chi connectivity index (χ3n) is 4.98. The normalized spacial score (nSPS) is 10.7. The van der Waals surface area contributed by atoms with Crippen molar-refractivity contribution >= 4 is 17.8 Å². The van der Waals surface area contributed by atoms with Gasteiger partial charge in [-0.3, -0.25) is 14.9 Å². The second kappa shape index (κ2) is 12.1. The lowest BCUT2D eigenvalue weighted by Crippen LogP contribution is -2.20. The molecule has 9 heteroatoms. The van der Waals surface area contributed by atoms with Crippen LogP contribution in [0.1, 0.15) is 22.3 Å². The molecule has 0 atom stereocenters. The number of methoxy groups -OCH3 is 1. The quantitative estimate of drug-likeness (QED) is 0.186. The zero-order valence-corrected chi connectivity index (χ0v) is 19.1. The van der Waals surface area contributed by atoms with Crippen molar-refractivity contribution < 1.29 is 23.6 Å². The summed E-state index contributed by atoms with van der Waals surface area (Å²) in [5, 5.41) is 15.1. The van der Waals surface area contributed by atoms with E-state index in [0.29, 0.717) is 29.0 Å². The van der Waals surface area contributed by atoms with Gasteiger partial charge in [-0.25, -0.2) is 9.82 Å². The molecule has 180 valence electrons. The van der Waals surface area contributed by atoms with Crippen molar-refractivity contribution in [3.05, 3.63) is 112 Å². The Morgan fingerprint density at radius 2 is 1.91 bits per heavy atom. The number of hydrazone groups is 1. The first kappa shape index (κ1) is 25.1. The summed E-state index contributed by atoms with van der Waals surface area (Å²) in [4.78, 5) is 22.8. The first-order valence-corrected chi connectivity index (χ1v) is 10.6. The molecular weight excluding hydrogens is 453 g/mol. The van der Waals surface area contributed by atoms with Crippen molar-refractivity contribution in [2.45, 2.75) is 19.4 Å². The molecule has 0 aliphatic carbocycles. The number of hydrogen-bond donors (Lipinski definition) is 1. The Labute approximate surface area is 201 Å². The Bertz CT molecular complexity index is 1240. The van der Waals surface area contributed by atoms with E-state index in [9.17, 15) is 19.3 Å². The molecule has 3 rings (SSSR count). The van der Waals surface area contributed by atoms with E-state index in [4.69, 9.17) is 9.47 Å². The van der Waals surface area contributed by atoms with E-state index < -0.39 is 10.8 Å². The lowest BCUT2D eigenvalue weighted by molar-refractivity contribution is -0.385. The van der Waals surface area contributed by atoms with Crippen molar-refractivity contribution in [3.63, 3.8) is 0 Å². The number of nitro benzene ring substituents is 1. The summed E-state index contributed by atoms with van der Waals surface area (Å²) in [6, 6.07) is 15.6. The maximum absolute atomic E-state index is 13.2. The minimum absolute atomic E-state index is 0.123. The van der Waals surface area contributed by atoms with E-state index >= 15 is 0 Å². The van der Waals surface area contributed by atoms with Crippen molar-refractivity contribution in [2.75, 3.05) is 7.11 Å². The van der Waals surface area contributed by atoms with Crippen LogP contribution in [0.5, 0.6) is 11.5 Å². The second-order valence-electron chi connectivity index (χ2n) is 7.48. The zero-order chi connectivity index (χ0) is 25.2. The highest BCUT2D eigenvalue weighted by molar-refractivity contribution is 5.85. The average Bonchev–Trinajstić information content (AvgIpc) is 2.84. The van der Waals surface area contributed by atoms with Crippen LogP contribution in [0.15, 0.2) is 78.4 Å². The number of para-hydroxylation sites is 1. The Hall–Kier alpha value is -4.53. The number of carbonyl (C=O) groups is 1. The van der Waals surface area contributed by atoms with Crippen LogP contribution in [-0.4, -0.2) is 24.2 Å². The summed E-state index contributed by atoms with van der Waals surface area (Å²) < 4.78 is 24.6. The molecule has 0 radical (unpaired) electrons. The van der Waals surface area contributed by atoms with Gasteiger partial charge in [-0.2, -0.15) is 5.10 Å². The number of rotatable bonds is 11. The number of hydrogen-bond acceptors (Lipinski definition) is 6. The molecule has 0 unspecified atom stereocenters. The minimum Gasteiger partial charge on any atom is -0.493 e. The molecule has 0 saturated heterocycles. The van der Waals surface area contributed by atoms with Crippen LogP contribution in [0, 0.1) is 15.9 Å². The van der Waals surface area contributed by atoms with Crippen LogP contribution in [0.4, 0.5) is 10.1 Å². The van der Waals surface area contributed by atoms with Crippen molar-refractivity contribution in [1.29, 1.82) is 0 Å². The second-order valence-corrected chi connectivity index (χ2v) is 7.48. The number of nitro groups is 1. The molecule has 0 fully saturated rings. The summed E-state index contributed by atoms with van der Waals surface area (Å²) in [6.45, 7) is 4.00. The number of carbonyl (C=O) groups excluding carboxylic acids is 1. The van der Waals surface area contributed by atoms with Gasteiger partial charge in [0.1, 0.15) is 12.4 Å². The smallest absolute Gasteiger partial charge is 0.273 e. The maximum Gasteiger partial charge on any atom is 0.273 e. The number of nitrogens with one attached hydrogen (secondary N) is 1. The first-order valence-electron chi connectivity index (χ1n) is 10.6. The molecule has 3 aromatic carbocycles. The fourth-order valence-electron chi connectivity index (χ4n) is 3.35. The van der Waals surface area contributed by atoms with Gasteiger partial charge >= 0.3 is 0 Å². The van der Waals surface area contributed by atoms with Gasteiger partial charge in [-0.05, 0) is 41.8 Å². The predicted molar refractivity (Wildman–Crippen MR) is 130 cm³/mol. The number of benzene rings is 3. The fourth-order valence-corrected chi connectivity index (χ4v) is 3.35. The summed E-state index contributed by atoms with van der Waals surface area (Å²) in [7, 11) is 1.51. The highest BCUT2D eigenvalue weighted by atomic mass is 19.1. The average molecular weight is 477 g/mol. The lowest BCUT2D eigenvalue weighted by atomic mass is 10.1. The van der Waals surface area contributed by atoms with Crippen LogP contribution in [0.3, 0.4) is 0 Å². The Kier molecular flexibility index (Phi) is 8.66. The number of allylic oxidation sites excluding steroid dienone is 1. The van der Waals surface area contributed by atoms with Gasteiger partial charge in [0, 0.05) is 17.2 Å². The Balaban J connectivity index is 1.72. The van der Waals surface area contributed by atoms with E-state index in [-0.39, 0.29) is 24.5 Å². The standard InChI is InChI=1S/C26H24FN3O5/c1-3-6-21-13-19(14-24(34-2)26(21)35-17-18-9-11-22(27)12-10-18)16-28-29-25(31)15-20-7-4-5-8-23(20)30(32)33/h3-5,7-14,16H,1,6,15,17H2,2H3,(H,29,31)/b28-16+. The Morgan fingerprint density at radius 3 is 2.60 bits per heavy atom. The molecule has 0 aliphatic heterocycles. The SMILES string of the molecule is C=CCc1cc(/C=N/NC(=O)Cc2ccccc2[N+](=O)[O-])cc(OC)c1OCc1ccc(F)cc1. The van der Waals surface area contributed by atoms with Gasteiger partial charge in [0.05, 0.1) is 24.7 Å². The van der Waals surface area contributed by atoms with Crippen LogP contribution >= 0.6 is 0 Å². The monoisotopic (exact) mass is 477 g/mol. The van der Waals surface area contributed by atoms with Crippen LogP contribution < -0.4 is 14.9 Å². The minimum atomic E-state index is -0.529. The molecule has 3 aromatic rings. The number of nitrogens with zero attached hydrogens (tertiary/aromatic N) is 2. The highest BCUT2D eigenvalue weighted by Gasteiger charge is 2.16. The molecule has 0 aliphatic rings. The molecular formula is C26H24FN3O5. The summed E-state index contributed by atoms with van der Waals surface area (Å²) in [5.41, 5.74) is 4.78. The molecule has 1 N–H and O–H groups in total. The molecule has 0 bridgehead atoms. The number of amides is 1. The molecule has 8 nitrogen and oxygen atoms in total. The molecule has 1 amide bonds.